The van der Waals surface area contributed by atoms with Gasteiger partial charge in [0.2, 0.25) is 0 Å². The zero-order valence-electron chi connectivity index (χ0n) is 17.4. The molecule has 2 aromatic rings. The van der Waals surface area contributed by atoms with Gasteiger partial charge in [-0.1, -0.05) is 49.7 Å². The number of benzene rings is 2. The number of halogens is 2. The van der Waals surface area contributed by atoms with Crippen molar-refractivity contribution in [1.29, 1.82) is 5.26 Å². The van der Waals surface area contributed by atoms with Gasteiger partial charge in [-0.15, -0.1) is 0 Å². The summed E-state index contributed by atoms with van der Waals surface area (Å²) in [5, 5.41) is 10.2. The minimum absolute atomic E-state index is 0.0227. The Morgan fingerprint density at radius 1 is 1.10 bits per heavy atom. The van der Waals surface area contributed by atoms with E-state index in [1.807, 2.05) is 18.2 Å². The van der Waals surface area contributed by atoms with Gasteiger partial charge in [0.05, 0.1) is 11.5 Å². The maximum Gasteiger partial charge on any atom is 0.130 e. The normalized spacial score (nSPS) is 17.4. The molecule has 0 amide bonds. The van der Waals surface area contributed by atoms with Gasteiger partial charge in [-0.3, -0.25) is 4.90 Å². The Kier molecular flexibility index (Phi) is 7.03. The molecule has 4 heteroatoms. The monoisotopic (exact) mass is 396 g/mol. The Labute approximate surface area is 173 Å². The summed E-state index contributed by atoms with van der Waals surface area (Å²) < 4.78 is 29.4. The predicted molar refractivity (Wildman–Crippen MR) is 112 cm³/mol. The lowest BCUT2D eigenvalue weighted by atomic mass is 9.60. The van der Waals surface area contributed by atoms with E-state index in [0.29, 0.717) is 6.42 Å². The fraction of sp³-hybridized carbons (Fsp3) is 0.480. The number of hydrogen-bond acceptors (Lipinski definition) is 2. The lowest BCUT2D eigenvalue weighted by Gasteiger charge is -2.42. The molecule has 1 aliphatic carbocycles. The summed E-state index contributed by atoms with van der Waals surface area (Å²) in [7, 11) is 0. The third-order valence-electron chi connectivity index (χ3n) is 6.62. The van der Waals surface area contributed by atoms with Crippen molar-refractivity contribution in [2.75, 3.05) is 6.54 Å². The number of rotatable bonds is 9. The molecule has 0 bridgehead atoms. The molecular weight excluding hydrogens is 366 g/mol. The molecule has 29 heavy (non-hydrogen) atoms. The highest BCUT2D eigenvalue weighted by Gasteiger charge is 2.46. The van der Waals surface area contributed by atoms with Crippen molar-refractivity contribution in [3.63, 3.8) is 0 Å². The zero-order chi connectivity index (χ0) is 20.9. The highest BCUT2D eigenvalue weighted by molar-refractivity contribution is 5.37. The molecule has 3 rings (SSSR count). The van der Waals surface area contributed by atoms with E-state index in [-0.39, 0.29) is 17.5 Å². The van der Waals surface area contributed by atoms with Crippen LogP contribution in [0, 0.1) is 28.9 Å². The van der Waals surface area contributed by atoms with Gasteiger partial charge in [-0.05, 0) is 62.8 Å². The summed E-state index contributed by atoms with van der Waals surface area (Å²) in [5.74, 6) is -1.17. The van der Waals surface area contributed by atoms with Crippen LogP contribution in [0.3, 0.4) is 0 Å². The first-order valence-electron chi connectivity index (χ1n) is 10.7. The van der Waals surface area contributed by atoms with Crippen LogP contribution in [0.5, 0.6) is 0 Å². The summed E-state index contributed by atoms with van der Waals surface area (Å²) in [5.41, 5.74) is 0.131. The second kappa shape index (κ2) is 9.50. The van der Waals surface area contributed by atoms with Gasteiger partial charge >= 0.3 is 0 Å². The molecule has 1 aliphatic rings. The molecule has 2 nitrogen and oxygen atoms in total. The van der Waals surface area contributed by atoms with Gasteiger partial charge in [-0.2, -0.15) is 5.26 Å². The highest BCUT2D eigenvalue weighted by Crippen LogP contribution is 2.48. The van der Waals surface area contributed by atoms with Crippen LogP contribution < -0.4 is 0 Å². The first kappa shape index (κ1) is 21.5. The molecule has 0 radical (unpaired) electrons. The molecule has 2 unspecified atom stereocenters. The molecule has 0 saturated heterocycles. The molecule has 1 fully saturated rings. The van der Waals surface area contributed by atoms with Gasteiger partial charge in [-0.25, -0.2) is 8.78 Å². The van der Waals surface area contributed by atoms with Crippen LogP contribution in [0.1, 0.15) is 57.1 Å². The molecule has 0 aliphatic heterocycles. The third kappa shape index (κ3) is 4.51. The fourth-order valence-corrected chi connectivity index (χ4v) is 4.58. The lowest BCUT2D eigenvalue weighted by molar-refractivity contribution is 0.153. The predicted octanol–water partition coefficient (Wildman–Crippen LogP) is 6.22. The van der Waals surface area contributed by atoms with Gasteiger partial charge in [0.1, 0.15) is 11.6 Å². The first-order chi connectivity index (χ1) is 14.0. The highest BCUT2D eigenvalue weighted by atomic mass is 19.1. The van der Waals surface area contributed by atoms with Gasteiger partial charge in [0.15, 0.2) is 0 Å². The molecule has 0 spiro atoms. The summed E-state index contributed by atoms with van der Waals surface area (Å²) in [6, 6.07) is 16.8. The van der Waals surface area contributed by atoms with Crippen molar-refractivity contribution in [2.45, 2.75) is 64.0 Å². The minimum Gasteiger partial charge on any atom is -0.297 e. The Balaban J connectivity index is 1.81. The Bertz CT molecular complexity index is 821. The largest absolute Gasteiger partial charge is 0.297 e. The average Bonchev–Trinajstić information content (AvgIpc) is 2.69. The van der Waals surface area contributed by atoms with E-state index in [4.69, 9.17) is 0 Å². The van der Waals surface area contributed by atoms with Gasteiger partial charge < -0.3 is 0 Å². The molecule has 1 saturated carbocycles. The van der Waals surface area contributed by atoms with Crippen LogP contribution in [0.2, 0.25) is 0 Å². The lowest BCUT2D eigenvalue weighted by Crippen LogP contribution is -2.42. The quantitative estimate of drug-likeness (QED) is 0.503. The average molecular weight is 397 g/mol. The van der Waals surface area contributed by atoms with Crippen LogP contribution >= 0.6 is 0 Å². The van der Waals surface area contributed by atoms with Crippen LogP contribution in [0.4, 0.5) is 8.78 Å². The topological polar surface area (TPSA) is 27.0 Å². The second-order valence-corrected chi connectivity index (χ2v) is 8.24. The van der Waals surface area contributed by atoms with E-state index in [9.17, 15) is 14.0 Å². The van der Waals surface area contributed by atoms with Crippen molar-refractivity contribution in [3.05, 3.63) is 71.3 Å². The molecule has 2 aromatic carbocycles. The van der Waals surface area contributed by atoms with Crippen molar-refractivity contribution >= 4 is 0 Å². The molecule has 0 heterocycles. The molecule has 0 N–H and O–H groups in total. The fourth-order valence-electron chi connectivity index (χ4n) is 4.58. The van der Waals surface area contributed by atoms with Crippen molar-refractivity contribution in [3.8, 4) is 6.07 Å². The van der Waals surface area contributed by atoms with Crippen LogP contribution in [-0.2, 0) is 12.0 Å². The van der Waals surface area contributed by atoms with Crippen LogP contribution in [0.15, 0.2) is 48.5 Å². The van der Waals surface area contributed by atoms with Crippen molar-refractivity contribution in [1.82, 2.24) is 4.90 Å². The molecule has 154 valence electrons. The van der Waals surface area contributed by atoms with E-state index in [1.54, 1.807) is 0 Å². The Morgan fingerprint density at radius 3 is 2.28 bits per heavy atom. The number of nitriles is 1. The summed E-state index contributed by atoms with van der Waals surface area (Å²) >= 11 is 0. The summed E-state index contributed by atoms with van der Waals surface area (Å²) in [6.07, 6.45) is 3.93. The van der Waals surface area contributed by atoms with Crippen LogP contribution in [0.25, 0.3) is 0 Å². The van der Waals surface area contributed by atoms with E-state index in [1.165, 1.54) is 23.8 Å². The molecule has 2 atom stereocenters. The van der Waals surface area contributed by atoms with Crippen molar-refractivity contribution < 1.29 is 8.78 Å². The van der Waals surface area contributed by atoms with Crippen molar-refractivity contribution in [2.24, 2.45) is 5.92 Å². The second-order valence-electron chi connectivity index (χ2n) is 8.24. The van der Waals surface area contributed by atoms with Crippen LogP contribution in [-0.4, -0.2) is 17.5 Å². The van der Waals surface area contributed by atoms with E-state index in [2.05, 4.69) is 36.9 Å². The van der Waals surface area contributed by atoms with Gasteiger partial charge in [0, 0.05) is 18.2 Å². The molecular formula is C25H30F2N2. The minimum atomic E-state index is -1.09. The van der Waals surface area contributed by atoms with E-state index < -0.39 is 17.0 Å². The SMILES string of the molecule is CCN(Cc1ccccc1)C(C)CCC(C#N)(c1c(F)cccc1F)C1CCC1. The number of hydrogen-bond donors (Lipinski definition) is 0. The summed E-state index contributed by atoms with van der Waals surface area (Å²) in [6.45, 7) is 5.98. The maximum absolute atomic E-state index is 14.7. The Morgan fingerprint density at radius 2 is 1.76 bits per heavy atom. The Hall–Kier alpha value is -2.25. The standard InChI is InChI=1S/C25H30F2N2/c1-3-29(17-20-9-5-4-6-10-20)19(2)15-16-25(18-28,21-11-7-12-21)24-22(26)13-8-14-23(24)27/h4-6,8-10,13-14,19,21H,3,7,11-12,15-17H2,1-2H3. The summed E-state index contributed by atoms with van der Waals surface area (Å²) in [4.78, 5) is 2.36. The van der Waals surface area contributed by atoms with Gasteiger partial charge in [0.25, 0.3) is 0 Å². The third-order valence-corrected chi connectivity index (χ3v) is 6.62. The van der Waals surface area contributed by atoms with E-state index in [0.717, 1.165) is 38.8 Å². The smallest absolute Gasteiger partial charge is 0.130 e. The number of nitrogens with zero attached hydrogens (tertiary/aromatic N) is 2. The maximum atomic E-state index is 14.7. The molecule has 0 aromatic heterocycles. The first-order valence-corrected chi connectivity index (χ1v) is 10.7. The van der Waals surface area contributed by atoms with E-state index >= 15 is 0 Å². The zero-order valence-corrected chi connectivity index (χ0v) is 17.4.